The highest BCUT2D eigenvalue weighted by atomic mass is 79.9. The molecule has 0 spiro atoms. The summed E-state index contributed by atoms with van der Waals surface area (Å²) >= 11 is 10.4. The van der Waals surface area contributed by atoms with E-state index in [2.05, 4.69) is 15.9 Å². The van der Waals surface area contributed by atoms with E-state index in [1.54, 1.807) is 11.8 Å². The molecular formula is C15H19BrN2OS2. The quantitative estimate of drug-likeness (QED) is 0.808. The van der Waals surface area contributed by atoms with Crippen LogP contribution in [-0.2, 0) is 0 Å². The van der Waals surface area contributed by atoms with Crippen LogP contribution in [0.3, 0.4) is 0 Å². The Balaban J connectivity index is 2.12. The third kappa shape index (κ3) is 3.43. The number of likely N-dealkylation sites (tertiary alicyclic amines) is 1. The molecule has 114 valence electrons. The molecule has 1 aromatic rings. The van der Waals surface area contributed by atoms with Crippen molar-refractivity contribution in [2.24, 2.45) is 5.73 Å². The average molecular weight is 387 g/mol. The van der Waals surface area contributed by atoms with E-state index in [1.807, 2.05) is 36.3 Å². The summed E-state index contributed by atoms with van der Waals surface area (Å²) in [5.41, 5.74) is 7.73. The summed E-state index contributed by atoms with van der Waals surface area (Å²) in [5.74, 6) is 0.0690. The molecule has 3 nitrogen and oxygen atoms in total. The molecule has 0 saturated carbocycles. The van der Waals surface area contributed by atoms with Gasteiger partial charge in [0.25, 0.3) is 5.91 Å². The maximum Gasteiger partial charge on any atom is 0.254 e. The van der Waals surface area contributed by atoms with E-state index in [4.69, 9.17) is 18.0 Å². The van der Waals surface area contributed by atoms with Crippen molar-refractivity contribution in [3.63, 3.8) is 0 Å². The highest BCUT2D eigenvalue weighted by Crippen LogP contribution is 2.35. The van der Waals surface area contributed by atoms with Gasteiger partial charge in [-0.3, -0.25) is 4.79 Å². The van der Waals surface area contributed by atoms with Crippen molar-refractivity contribution in [3.8, 4) is 0 Å². The Morgan fingerprint density at radius 2 is 2.05 bits per heavy atom. The summed E-state index contributed by atoms with van der Waals surface area (Å²) in [5, 5.41) is 0. The fraction of sp³-hybridized carbons (Fsp3) is 0.467. The van der Waals surface area contributed by atoms with Crippen LogP contribution in [0.5, 0.6) is 0 Å². The standard InChI is InChI=1S/C15H19BrN2OS2/c1-10-3-4-11(12(16)9-10)13(19)18-7-5-15(21-2,6-8-18)14(17)20/h3-4,9H,5-8H2,1-2H3,(H2,17,20). The van der Waals surface area contributed by atoms with Crippen molar-refractivity contribution in [3.05, 3.63) is 33.8 Å². The maximum atomic E-state index is 12.6. The number of nitrogens with two attached hydrogens (primary N) is 1. The molecule has 1 fully saturated rings. The monoisotopic (exact) mass is 386 g/mol. The first-order valence-corrected chi connectivity index (χ1v) is 9.23. The van der Waals surface area contributed by atoms with Crippen LogP contribution in [0.1, 0.15) is 28.8 Å². The third-order valence-electron chi connectivity index (χ3n) is 4.05. The Hall–Kier alpha value is -0.590. The van der Waals surface area contributed by atoms with Crippen molar-refractivity contribution >= 4 is 50.8 Å². The Morgan fingerprint density at radius 3 is 2.52 bits per heavy atom. The third-order valence-corrected chi connectivity index (χ3v) is 6.64. The van der Waals surface area contributed by atoms with Crippen molar-refractivity contribution in [1.29, 1.82) is 0 Å². The number of thioether (sulfide) groups is 1. The van der Waals surface area contributed by atoms with Crippen LogP contribution in [0.25, 0.3) is 0 Å². The molecule has 0 bridgehead atoms. The molecule has 1 heterocycles. The number of thiocarbonyl (C=S) groups is 1. The number of aryl methyl sites for hydroxylation is 1. The van der Waals surface area contributed by atoms with Crippen LogP contribution in [-0.4, -0.2) is 39.9 Å². The Morgan fingerprint density at radius 1 is 1.43 bits per heavy atom. The Kier molecular flexibility index (Phi) is 5.33. The predicted molar refractivity (Wildman–Crippen MR) is 97.0 cm³/mol. The molecule has 1 aliphatic rings. The number of carbonyl (C=O) groups excluding carboxylic acids is 1. The van der Waals surface area contributed by atoms with Crippen LogP contribution < -0.4 is 5.73 Å². The van der Waals surface area contributed by atoms with Crippen molar-refractivity contribution in [1.82, 2.24) is 4.90 Å². The number of rotatable bonds is 3. The van der Waals surface area contributed by atoms with Crippen molar-refractivity contribution in [2.75, 3.05) is 19.3 Å². The normalized spacial score (nSPS) is 17.6. The van der Waals surface area contributed by atoms with Gasteiger partial charge in [-0.2, -0.15) is 11.8 Å². The van der Waals surface area contributed by atoms with E-state index in [9.17, 15) is 4.79 Å². The van der Waals surface area contributed by atoms with Crippen LogP contribution in [0.15, 0.2) is 22.7 Å². The first kappa shape index (κ1) is 16.8. The zero-order chi connectivity index (χ0) is 15.6. The minimum atomic E-state index is -0.156. The number of hydrogen-bond donors (Lipinski definition) is 1. The summed E-state index contributed by atoms with van der Waals surface area (Å²) in [4.78, 5) is 15.1. The number of hydrogen-bond acceptors (Lipinski definition) is 3. The maximum absolute atomic E-state index is 12.6. The van der Waals surface area contributed by atoms with Gasteiger partial charge in [-0.05, 0) is 59.6 Å². The fourth-order valence-corrected chi connectivity index (χ4v) is 4.50. The summed E-state index contributed by atoms with van der Waals surface area (Å²) in [6.07, 6.45) is 3.67. The molecule has 1 amide bonds. The van der Waals surface area contributed by atoms with E-state index in [-0.39, 0.29) is 10.7 Å². The van der Waals surface area contributed by atoms with Crippen molar-refractivity contribution in [2.45, 2.75) is 24.5 Å². The molecule has 2 rings (SSSR count). The lowest BCUT2D eigenvalue weighted by molar-refractivity contribution is 0.0718. The minimum absolute atomic E-state index is 0.0690. The van der Waals surface area contributed by atoms with E-state index < -0.39 is 0 Å². The van der Waals surface area contributed by atoms with Gasteiger partial charge in [0, 0.05) is 17.6 Å². The van der Waals surface area contributed by atoms with Gasteiger partial charge < -0.3 is 10.6 Å². The van der Waals surface area contributed by atoms with Gasteiger partial charge in [0.2, 0.25) is 0 Å². The van der Waals surface area contributed by atoms with Crippen molar-refractivity contribution < 1.29 is 4.79 Å². The van der Waals surface area contributed by atoms with Crippen LogP contribution in [0.4, 0.5) is 0 Å². The number of amides is 1. The van der Waals surface area contributed by atoms with E-state index in [0.29, 0.717) is 23.6 Å². The summed E-state index contributed by atoms with van der Waals surface area (Å²) in [6, 6.07) is 5.81. The zero-order valence-electron chi connectivity index (χ0n) is 12.2. The smallest absolute Gasteiger partial charge is 0.254 e. The molecule has 2 N–H and O–H groups in total. The van der Waals surface area contributed by atoms with Crippen LogP contribution in [0, 0.1) is 6.92 Å². The van der Waals surface area contributed by atoms with Gasteiger partial charge in [0.15, 0.2) is 0 Å². The topological polar surface area (TPSA) is 46.3 Å². The summed E-state index contributed by atoms with van der Waals surface area (Å²) < 4.78 is 0.694. The molecule has 0 radical (unpaired) electrons. The molecule has 21 heavy (non-hydrogen) atoms. The molecular weight excluding hydrogens is 368 g/mol. The van der Waals surface area contributed by atoms with Gasteiger partial charge in [-0.25, -0.2) is 0 Å². The second-order valence-electron chi connectivity index (χ2n) is 5.34. The number of halogens is 1. The number of piperidine rings is 1. The highest BCUT2D eigenvalue weighted by Gasteiger charge is 2.38. The molecule has 1 saturated heterocycles. The Bertz CT molecular complexity index is 569. The first-order valence-electron chi connectivity index (χ1n) is 6.80. The molecule has 1 aromatic carbocycles. The lowest BCUT2D eigenvalue weighted by atomic mass is 9.95. The van der Waals surface area contributed by atoms with Gasteiger partial charge >= 0.3 is 0 Å². The van der Waals surface area contributed by atoms with Gasteiger partial charge in [-0.1, -0.05) is 18.3 Å². The second-order valence-corrected chi connectivity index (χ2v) is 7.82. The molecule has 0 unspecified atom stereocenters. The van der Waals surface area contributed by atoms with Gasteiger partial charge in [0.05, 0.1) is 15.3 Å². The van der Waals surface area contributed by atoms with E-state index in [0.717, 1.165) is 22.9 Å². The summed E-state index contributed by atoms with van der Waals surface area (Å²) in [7, 11) is 0. The second kappa shape index (κ2) is 6.67. The highest BCUT2D eigenvalue weighted by molar-refractivity contribution is 9.10. The lowest BCUT2D eigenvalue weighted by Gasteiger charge is -2.40. The molecule has 6 heteroatoms. The lowest BCUT2D eigenvalue weighted by Crippen LogP contribution is -2.50. The molecule has 0 atom stereocenters. The van der Waals surface area contributed by atoms with Gasteiger partial charge in [0.1, 0.15) is 0 Å². The first-order chi connectivity index (χ1) is 9.89. The van der Waals surface area contributed by atoms with Crippen LogP contribution >= 0.6 is 39.9 Å². The molecule has 0 aliphatic carbocycles. The van der Waals surface area contributed by atoms with E-state index in [1.165, 1.54) is 0 Å². The zero-order valence-corrected chi connectivity index (χ0v) is 15.4. The molecule has 1 aliphatic heterocycles. The summed E-state index contributed by atoms with van der Waals surface area (Å²) in [6.45, 7) is 3.39. The Labute approximate surface area is 143 Å². The number of carbonyl (C=O) groups is 1. The average Bonchev–Trinajstić information content (AvgIpc) is 2.46. The SMILES string of the molecule is CSC1(C(N)=S)CCN(C(=O)c2ccc(C)cc2Br)CC1. The fourth-order valence-electron chi connectivity index (χ4n) is 2.59. The predicted octanol–water partition coefficient (Wildman–Crippen LogP) is 3.38. The van der Waals surface area contributed by atoms with Crippen LogP contribution in [0.2, 0.25) is 0 Å². The number of nitrogens with zero attached hydrogens (tertiary/aromatic N) is 1. The van der Waals surface area contributed by atoms with Gasteiger partial charge in [-0.15, -0.1) is 0 Å². The van der Waals surface area contributed by atoms with E-state index >= 15 is 0 Å². The minimum Gasteiger partial charge on any atom is -0.392 e. The largest absolute Gasteiger partial charge is 0.392 e. The number of benzene rings is 1. The molecule has 0 aromatic heterocycles.